The molecule has 0 unspecified atom stereocenters. The molecule has 2 N–H and O–H groups in total. The summed E-state index contributed by atoms with van der Waals surface area (Å²) >= 11 is 0. The zero-order valence-electron chi connectivity index (χ0n) is 26.7. The summed E-state index contributed by atoms with van der Waals surface area (Å²) in [7, 11) is 0. The molecular weight excluding hydrogens is 597 g/mol. The molecule has 232 valence electrons. The molecule has 0 atom stereocenters. The first-order valence-electron chi connectivity index (χ1n) is 16.3. The van der Waals surface area contributed by atoms with Crippen molar-refractivity contribution < 1.29 is 0 Å². The number of nitrogens with zero attached hydrogens (tertiary/aromatic N) is 2. The molecule has 0 saturated carbocycles. The van der Waals surface area contributed by atoms with Gasteiger partial charge in [0.2, 0.25) is 0 Å². The second-order valence-electron chi connectivity index (χ2n) is 12.0. The molecule has 0 aliphatic carbocycles. The zero-order chi connectivity index (χ0) is 33.0. The second-order valence-corrected chi connectivity index (χ2v) is 12.0. The van der Waals surface area contributed by atoms with Crippen LogP contribution in [0, 0.1) is 5.41 Å². The van der Waals surface area contributed by atoms with Crippen molar-refractivity contribution in [2.45, 2.75) is 0 Å². The smallest absolute Gasteiger partial charge is 0.160 e. The van der Waals surface area contributed by atoms with E-state index in [4.69, 9.17) is 15.4 Å². The monoisotopic (exact) mass is 628 g/mol. The number of aromatic nitrogens is 2. The first-order valence-corrected chi connectivity index (χ1v) is 16.3. The highest BCUT2D eigenvalue weighted by atomic mass is 14.9. The van der Waals surface area contributed by atoms with E-state index in [1.165, 1.54) is 0 Å². The first kappa shape index (κ1) is 29.7. The molecule has 0 spiro atoms. The van der Waals surface area contributed by atoms with E-state index >= 15 is 0 Å². The van der Waals surface area contributed by atoms with Crippen LogP contribution in [0.1, 0.15) is 22.3 Å². The minimum atomic E-state index is 0.457. The highest BCUT2D eigenvalue weighted by molar-refractivity contribution is 6.12. The first-order chi connectivity index (χ1) is 24.2. The Labute approximate surface area is 286 Å². The molecule has 0 bridgehead atoms. The number of allylic oxidation sites excluding steroid dienone is 1. The van der Waals surface area contributed by atoms with Crippen molar-refractivity contribution in [2.75, 3.05) is 0 Å². The van der Waals surface area contributed by atoms with E-state index in [2.05, 4.69) is 84.2 Å². The molecule has 2 heterocycles. The molecule has 8 rings (SSSR count). The summed E-state index contributed by atoms with van der Waals surface area (Å²) in [5.41, 5.74) is 13.5. The van der Waals surface area contributed by atoms with Crippen LogP contribution in [-0.4, -0.2) is 15.7 Å². The largest absolute Gasteiger partial charge is 0.354 e. The van der Waals surface area contributed by atoms with E-state index in [9.17, 15) is 0 Å². The predicted octanol–water partition coefficient (Wildman–Crippen LogP) is 10.7. The van der Waals surface area contributed by atoms with Crippen LogP contribution in [-0.2, 0) is 0 Å². The fourth-order valence-corrected chi connectivity index (χ4v) is 6.15. The Balaban J connectivity index is 1.16. The van der Waals surface area contributed by atoms with Gasteiger partial charge in [0.1, 0.15) is 0 Å². The molecule has 1 aromatic heterocycles. The molecular formula is C45H32N4. The highest BCUT2D eigenvalue weighted by Gasteiger charge is 2.18. The van der Waals surface area contributed by atoms with Gasteiger partial charge in [-0.15, -0.1) is 0 Å². The number of hydrogen-bond acceptors (Lipinski definition) is 4. The van der Waals surface area contributed by atoms with Crippen molar-refractivity contribution in [3.63, 3.8) is 0 Å². The van der Waals surface area contributed by atoms with Gasteiger partial charge in [0.25, 0.3) is 0 Å². The van der Waals surface area contributed by atoms with Gasteiger partial charge in [0.05, 0.1) is 17.1 Å². The summed E-state index contributed by atoms with van der Waals surface area (Å²) in [5, 5.41) is 12.4. The minimum Gasteiger partial charge on any atom is -0.354 e. The molecule has 1 aliphatic rings. The van der Waals surface area contributed by atoms with E-state index in [0.29, 0.717) is 11.5 Å². The lowest BCUT2D eigenvalue weighted by molar-refractivity contribution is 1.18. The molecule has 0 saturated heterocycles. The lowest BCUT2D eigenvalue weighted by atomic mass is 9.92. The van der Waals surface area contributed by atoms with Crippen molar-refractivity contribution in [2.24, 2.45) is 0 Å². The Bertz CT molecular complexity index is 2270. The highest BCUT2D eigenvalue weighted by Crippen LogP contribution is 2.34. The topological polar surface area (TPSA) is 61.7 Å². The Morgan fingerprint density at radius 2 is 1.00 bits per heavy atom. The summed E-state index contributed by atoms with van der Waals surface area (Å²) < 4.78 is 0. The number of benzene rings is 6. The number of fused-ring (bicyclic) bond motifs is 1. The molecule has 1 aliphatic heterocycles. The van der Waals surface area contributed by atoms with E-state index < -0.39 is 0 Å². The molecule has 0 fully saturated rings. The van der Waals surface area contributed by atoms with Crippen LogP contribution in [0.15, 0.2) is 176 Å². The van der Waals surface area contributed by atoms with Gasteiger partial charge in [-0.2, -0.15) is 0 Å². The fraction of sp³-hybridized carbons (Fsp3) is 0. The van der Waals surface area contributed by atoms with Gasteiger partial charge in [-0.1, -0.05) is 158 Å². The van der Waals surface area contributed by atoms with Crippen molar-refractivity contribution >= 4 is 23.2 Å². The van der Waals surface area contributed by atoms with Crippen LogP contribution in [0.2, 0.25) is 0 Å². The van der Waals surface area contributed by atoms with Gasteiger partial charge >= 0.3 is 0 Å². The van der Waals surface area contributed by atoms with Crippen LogP contribution < -0.4 is 5.32 Å². The normalized spacial score (nSPS) is 12.9. The molecule has 6 aromatic carbocycles. The summed E-state index contributed by atoms with van der Waals surface area (Å²) in [6.07, 6.45) is 4.12. The Morgan fingerprint density at radius 1 is 0.490 bits per heavy atom. The van der Waals surface area contributed by atoms with Gasteiger partial charge in [0.15, 0.2) is 5.82 Å². The van der Waals surface area contributed by atoms with Gasteiger partial charge in [-0.25, -0.2) is 9.97 Å². The van der Waals surface area contributed by atoms with Crippen LogP contribution >= 0.6 is 0 Å². The SMILES string of the molecule is N=C(/C=C1\NC(c2ccccc2)=Cc2cc(-c3ccc(-c4cc(-c5ccccc5)nc(-c5ccccc5)n4)cc3)ccc21)c1ccccc1. The second kappa shape index (κ2) is 13.2. The van der Waals surface area contributed by atoms with E-state index in [1.807, 2.05) is 103 Å². The van der Waals surface area contributed by atoms with E-state index in [0.717, 1.165) is 72.9 Å². The van der Waals surface area contributed by atoms with Crippen LogP contribution in [0.25, 0.3) is 62.5 Å². The Morgan fingerprint density at radius 3 is 1.63 bits per heavy atom. The van der Waals surface area contributed by atoms with Gasteiger partial charge in [0, 0.05) is 33.6 Å². The maximum atomic E-state index is 8.82. The lowest BCUT2D eigenvalue weighted by Crippen LogP contribution is -2.17. The summed E-state index contributed by atoms with van der Waals surface area (Å²) in [5.74, 6) is 0.703. The standard InChI is InChI=1S/C45H32N4/c46-40(32-13-5-1-6-14-32)29-44-39-26-25-37(27-38(39)28-41(47-44)33-15-7-2-8-16-33)31-21-23-35(24-22-31)43-30-42(34-17-9-3-10-18-34)48-45(49-43)36-19-11-4-12-20-36/h1-30,46-47H/b44-29-,46-40?. The van der Waals surface area contributed by atoms with Crippen molar-refractivity contribution in [1.29, 1.82) is 5.41 Å². The third-order valence-corrected chi connectivity index (χ3v) is 8.71. The van der Waals surface area contributed by atoms with Gasteiger partial charge < -0.3 is 10.7 Å². The van der Waals surface area contributed by atoms with Gasteiger partial charge in [-0.3, -0.25) is 0 Å². The van der Waals surface area contributed by atoms with Crippen molar-refractivity contribution in [3.05, 3.63) is 198 Å². The quantitative estimate of drug-likeness (QED) is 0.173. The minimum absolute atomic E-state index is 0.457. The molecule has 0 amide bonds. The molecule has 4 heteroatoms. The molecule has 0 radical (unpaired) electrons. The predicted molar refractivity (Wildman–Crippen MR) is 202 cm³/mol. The third kappa shape index (κ3) is 6.36. The summed E-state index contributed by atoms with van der Waals surface area (Å²) in [6, 6.07) is 57.8. The van der Waals surface area contributed by atoms with Crippen molar-refractivity contribution in [3.8, 4) is 45.0 Å². The number of nitrogens with one attached hydrogen (secondary N) is 2. The van der Waals surface area contributed by atoms with Gasteiger partial charge in [-0.05, 0) is 52.1 Å². The summed E-state index contributed by atoms with van der Waals surface area (Å²) in [6.45, 7) is 0. The Kier molecular flexibility index (Phi) is 8.02. The maximum Gasteiger partial charge on any atom is 0.160 e. The number of rotatable bonds is 7. The zero-order valence-corrected chi connectivity index (χ0v) is 26.7. The maximum absolute atomic E-state index is 8.82. The van der Waals surface area contributed by atoms with Crippen LogP contribution in [0.4, 0.5) is 0 Å². The van der Waals surface area contributed by atoms with Crippen LogP contribution in [0.5, 0.6) is 0 Å². The average molecular weight is 629 g/mol. The lowest BCUT2D eigenvalue weighted by Gasteiger charge is -2.23. The molecule has 7 aromatic rings. The molecule has 4 nitrogen and oxygen atoms in total. The van der Waals surface area contributed by atoms with E-state index in [1.54, 1.807) is 0 Å². The molecule has 49 heavy (non-hydrogen) atoms. The number of hydrogen-bond donors (Lipinski definition) is 2. The third-order valence-electron chi connectivity index (χ3n) is 8.71. The Hall–Kier alpha value is -6.65. The average Bonchev–Trinajstić information content (AvgIpc) is 3.19. The van der Waals surface area contributed by atoms with Crippen molar-refractivity contribution in [1.82, 2.24) is 15.3 Å². The fourth-order valence-electron chi connectivity index (χ4n) is 6.15. The van der Waals surface area contributed by atoms with Crippen LogP contribution in [0.3, 0.4) is 0 Å². The summed E-state index contributed by atoms with van der Waals surface area (Å²) in [4.78, 5) is 9.94. The van der Waals surface area contributed by atoms with E-state index in [-0.39, 0.29) is 0 Å².